The van der Waals surface area contributed by atoms with Crippen molar-refractivity contribution in [1.29, 1.82) is 0 Å². The zero-order chi connectivity index (χ0) is 25.3. The normalized spacial score (nSPS) is 11.2. The molecule has 2 aromatic heterocycles. The Morgan fingerprint density at radius 1 is 0.421 bits per heavy atom. The number of hydrogen-bond acceptors (Lipinski definition) is 3. The van der Waals surface area contributed by atoms with Crippen molar-refractivity contribution >= 4 is 21.5 Å². The van der Waals surface area contributed by atoms with Gasteiger partial charge in [0.15, 0.2) is 5.82 Å². The highest BCUT2D eigenvalue weighted by molar-refractivity contribution is 5.97. The Hall–Kier alpha value is -5.15. The highest BCUT2D eigenvalue weighted by Gasteiger charge is 2.13. The van der Waals surface area contributed by atoms with Crippen LogP contribution in [-0.2, 0) is 0 Å². The third-order valence-corrected chi connectivity index (χ3v) is 7.00. The van der Waals surface area contributed by atoms with Crippen LogP contribution in [0.15, 0.2) is 140 Å². The van der Waals surface area contributed by atoms with E-state index in [0.29, 0.717) is 5.82 Å². The van der Waals surface area contributed by atoms with Crippen molar-refractivity contribution in [3.05, 3.63) is 140 Å². The van der Waals surface area contributed by atoms with Crippen LogP contribution in [0, 0.1) is 0 Å². The van der Waals surface area contributed by atoms with Crippen molar-refractivity contribution in [3.63, 3.8) is 0 Å². The average molecular weight is 486 g/mol. The quantitative estimate of drug-likeness (QED) is 0.250. The van der Waals surface area contributed by atoms with E-state index in [9.17, 15) is 0 Å². The molecule has 0 N–H and O–H groups in total. The van der Waals surface area contributed by atoms with Gasteiger partial charge < -0.3 is 0 Å². The SMILES string of the molecule is c1cncc(-c2cc(-c3ccc(-c4cccc5ccccc45)cc3)nc(-c3cccc4ccccc34)n2)c1. The number of hydrogen-bond donors (Lipinski definition) is 0. The topological polar surface area (TPSA) is 38.7 Å². The van der Waals surface area contributed by atoms with Crippen molar-refractivity contribution in [3.8, 4) is 45.0 Å². The zero-order valence-electron chi connectivity index (χ0n) is 20.6. The van der Waals surface area contributed by atoms with Gasteiger partial charge in [-0.15, -0.1) is 0 Å². The summed E-state index contributed by atoms with van der Waals surface area (Å²) in [5, 5.41) is 4.80. The van der Waals surface area contributed by atoms with Gasteiger partial charge >= 0.3 is 0 Å². The van der Waals surface area contributed by atoms with E-state index >= 15 is 0 Å². The number of benzene rings is 5. The molecule has 7 aromatic rings. The molecule has 38 heavy (non-hydrogen) atoms. The van der Waals surface area contributed by atoms with E-state index in [0.717, 1.165) is 33.5 Å². The van der Waals surface area contributed by atoms with Crippen LogP contribution < -0.4 is 0 Å². The first-order valence-electron chi connectivity index (χ1n) is 12.7. The van der Waals surface area contributed by atoms with Crippen LogP contribution in [0.4, 0.5) is 0 Å². The maximum Gasteiger partial charge on any atom is 0.161 e. The standard InChI is InChI=1S/C35H23N3/c1-3-13-29-24(8-1)10-5-15-30(29)26-17-19-27(20-18-26)33-22-34(28-12-7-21-36-23-28)38-35(37-33)32-16-6-11-25-9-2-4-14-31(25)32/h1-23H. The monoisotopic (exact) mass is 485 g/mol. The number of aromatic nitrogens is 3. The second-order valence-corrected chi connectivity index (χ2v) is 9.33. The van der Waals surface area contributed by atoms with Crippen LogP contribution in [0.25, 0.3) is 66.6 Å². The maximum absolute atomic E-state index is 5.07. The van der Waals surface area contributed by atoms with Crippen LogP contribution in [0.1, 0.15) is 0 Å². The minimum atomic E-state index is 0.705. The van der Waals surface area contributed by atoms with Crippen molar-refractivity contribution in [2.75, 3.05) is 0 Å². The summed E-state index contributed by atoms with van der Waals surface area (Å²) in [5.74, 6) is 0.705. The van der Waals surface area contributed by atoms with Crippen LogP contribution in [0.2, 0.25) is 0 Å². The third-order valence-electron chi connectivity index (χ3n) is 7.00. The second-order valence-electron chi connectivity index (χ2n) is 9.33. The lowest BCUT2D eigenvalue weighted by Gasteiger charge is -2.12. The van der Waals surface area contributed by atoms with E-state index in [1.54, 1.807) is 6.20 Å². The second kappa shape index (κ2) is 9.38. The fraction of sp³-hybridized carbons (Fsp3) is 0. The molecule has 178 valence electrons. The van der Waals surface area contributed by atoms with Gasteiger partial charge in [0.2, 0.25) is 0 Å². The van der Waals surface area contributed by atoms with Crippen LogP contribution >= 0.6 is 0 Å². The molecule has 2 heterocycles. The van der Waals surface area contributed by atoms with Gasteiger partial charge in [0, 0.05) is 29.1 Å². The molecule has 0 saturated carbocycles. The van der Waals surface area contributed by atoms with Crippen molar-refractivity contribution in [2.45, 2.75) is 0 Å². The van der Waals surface area contributed by atoms with Crippen LogP contribution in [0.3, 0.4) is 0 Å². The number of nitrogens with zero attached hydrogens (tertiary/aromatic N) is 3. The summed E-state index contributed by atoms with van der Waals surface area (Å²) in [6.07, 6.45) is 3.63. The van der Waals surface area contributed by atoms with E-state index < -0.39 is 0 Å². The molecule has 0 bridgehead atoms. The fourth-order valence-electron chi connectivity index (χ4n) is 5.10. The van der Waals surface area contributed by atoms with Gasteiger partial charge in [0.1, 0.15) is 0 Å². The first-order chi connectivity index (χ1) is 18.8. The predicted octanol–water partition coefficient (Wildman–Crippen LogP) is 8.85. The predicted molar refractivity (Wildman–Crippen MR) is 157 cm³/mol. The van der Waals surface area contributed by atoms with Crippen molar-refractivity contribution in [2.24, 2.45) is 0 Å². The molecule has 0 unspecified atom stereocenters. The molecule has 0 aliphatic rings. The van der Waals surface area contributed by atoms with E-state index in [1.807, 2.05) is 18.3 Å². The molecule has 0 atom stereocenters. The lowest BCUT2D eigenvalue weighted by atomic mass is 9.97. The zero-order valence-corrected chi connectivity index (χ0v) is 20.6. The van der Waals surface area contributed by atoms with Gasteiger partial charge in [-0.1, -0.05) is 109 Å². The smallest absolute Gasteiger partial charge is 0.161 e. The van der Waals surface area contributed by atoms with Crippen molar-refractivity contribution in [1.82, 2.24) is 15.0 Å². The molecule has 7 rings (SSSR count). The van der Waals surface area contributed by atoms with Crippen LogP contribution in [0.5, 0.6) is 0 Å². The summed E-state index contributed by atoms with van der Waals surface area (Å²) in [7, 11) is 0. The Balaban J connectivity index is 1.37. The first-order valence-corrected chi connectivity index (χ1v) is 12.7. The molecule has 3 nitrogen and oxygen atoms in total. The Labute approximate surface area is 221 Å². The van der Waals surface area contributed by atoms with Gasteiger partial charge in [-0.3, -0.25) is 4.98 Å². The summed E-state index contributed by atoms with van der Waals surface area (Å²) < 4.78 is 0. The molecule has 5 aromatic carbocycles. The minimum absolute atomic E-state index is 0.705. The fourth-order valence-corrected chi connectivity index (χ4v) is 5.10. The van der Waals surface area contributed by atoms with E-state index in [1.165, 1.54) is 27.3 Å². The lowest BCUT2D eigenvalue weighted by molar-refractivity contribution is 1.18. The molecular formula is C35H23N3. The Bertz CT molecular complexity index is 1900. The minimum Gasteiger partial charge on any atom is -0.264 e. The number of pyridine rings is 1. The van der Waals surface area contributed by atoms with Crippen LogP contribution in [-0.4, -0.2) is 15.0 Å². The maximum atomic E-state index is 5.07. The molecule has 0 radical (unpaired) electrons. The van der Waals surface area contributed by atoms with Gasteiger partial charge in [-0.05, 0) is 50.9 Å². The molecule has 3 heteroatoms. The lowest BCUT2D eigenvalue weighted by Crippen LogP contribution is -1.96. The Kier molecular flexibility index (Phi) is 5.45. The molecule has 0 spiro atoms. The largest absolute Gasteiger partial charge is 0.264 e. The van der Waals surface area contributed by atoms with E-state index in [4.69, 9.17) is 9.97 Å². The summed E-state index contributed by atoms with van der Waals surface area (Å²) in [5.41, 5.74) is 7.16. The Morgan fingerprint density at radius 3 is 1.68 bits per heavy atom. The molecule has 0 amide bonds. The molecule has 0 aliphatic heterocycles. The van der Waals surface area contributed by atoms with Gasteiger partial charge in [0.05, 0.1) is 11.4 Å². The molecular weight excluding hydrogens is 462 g/mol. The summed E-state index contributed by atoms with van der Waals surface area (Å²) in [6.45, 7) is 0. The summed E-state index contributed by atoms with van der Waals surface area (Å²) >= 11 is 0. The van der Waals surface area contributed by atoms with Gasteiger partial charge in [0.25, 0.3) is 0 Å². The van der Waals surface area contributed by atoms with Gasteiger partial charge in [-0.25, -0.2) is 9.97 Å². The molecule has 0 saturated heterocycles. The van der Waals surface area contributed by atoms with E-state index in [-0.39, 0.29) is 0 Å². The van der Waals surface area contributed by atoms with Crippen molar-refractivity contribution < 1.29 is 0 Å². The summed E-state index contributed by atoms with van der Waals surface area (Å²) in [4.78, 5) is 14.4. The molecule has 0 aliphatic carbocycles. The number of fused-ring (bicyclic) bond motifs is 2. The summed E-state index contributed by atoms with van der Waals surface area (Å²) in [6, 6.07) is 44.3. The first kappa shape index (κ1) is 22.1. The highest BCUT2D eigenvalue weighted by Crippen LogP contribution is 2.33. The van der Waals surface area contributed by atoms with Gasteiger partial charge in [-0.2, -0.15) is 0 Å². The van der Waals surface area contributed by atoms with E-state index in [2.05, 4.69) is 120 Å². The highest BCUT2D eigenvalue weighted by atomic mass is 14.9. The number of rotatable bonds is 4. The molecule has 0 fully saturated rings. The third kappa shape index (κ3) is 4.00. The average Bonchev–Trinajstić information content (AvgIpc) is 3.01. The Morgan fingerprint density at radius 2 is 1.00 bits per heavy atom.